The molecule has 10 N–H and O–H groups in total. The third kappa shape index (κ3) is 13.8. The van der Waals surface area contributed by atoms with Crippen LogP contribution in [0.4, 0.5) is 0 Å². The predicted molar refractivity (Wildman–Crippen MR) is 167 cm³/mol. The molecule has 0 aromatic rings. The van der Waals surface area contributed by atoms with Gasteiger partial charge in [0.15, 0.2) is 6.29 Å². The molecule has 1 saturated carbocycles. The summed E-state index contributed by atoms with van der Waals surface area (Å²) in [5, 5.41) is 35.8. The molecule has 12 atom stereocenters. The third-order valence-corrected chi connectivity index (χ3v) is 9.44. The molecule has 3 rings (SSSR count). The second-order valence-electron chi connectivity index (χ2n) is 13.9. The van der Waals surface area contributed by atoms with Crippen molar-refractivity contribution in [2.24, 2.45) is 23.1 Å². The van der Waals surface area contributed by atoms with E-state index in [1.165, 1.54) is 0 Å². The SMILES string of the molecule is CNC1CC(O)CCCOCC(OC2CC(N)CCCC(N)CC(OC3OC(C(C)C)CCC3N)CC(O)C2)CC(O)C1. The normalized spacial score (nSPS) is 42.3. The molecule has 0 spiro atoms. The van der Waals surface area contributed by atoms with Gasteiger partial charge in [-0.2, -0.15) is 0 Å². The molecule has 2 heterocycles. The molecule has 3 aliphatic rings. The molecule has 0 aromatic carbocycles. The summed E-state index contributed by atoms with van der Waals surface area (Å²) in [5.41, 5.74) is 19.5. The van der Waals surface area contributed by atoms with Gasteiger partial charge in [-0.25, -0.2) is 0 Å². The summed E-state index contributed by atoms with van der Waals surface area (Å²) < 4.78 is 25.3. The first-order chi connectivity index (χ1) is 20.5. The van der Waals surface area contributed by atoms with Crippen molar-refractivity contribution in [1.82, 2.24) is 5.32 Å². The van der Waals surface area contributed by atoms with Crippen LogP contribution in [0.5, 0.6) is 0 Å². The van der Waals surface area contributed by atoms with Gasteiger partial charge in [-0.05, 0) is 90.0 Å². The standard InChI is InChI=1S/C32H64N4O7/c1-20(2)31-10-9-30(35)32(43-31)42-28-13-22(34)7-4-6-21(33)12-27(16-26(39)17-28)41-29-18-25(38)15-23(36-3)14-24(37)8-5-11-40-19-29/h20-32,36-39H,4-19,33-35H2,1-3H3. The molecule has 3 fully saturated rings. The van der Waals surface area contributed by atoms with Gasteiger partial charge < -0.3 is 56.8 Å². The smallest absolute Gasteiger partial charge is 0.173 e. The lowest BCUT2D eigenvalue weighted by molar-refractivity contribution is -0.235. The van der Waals surface area contributed by atoms with E-state index in [1.807, 2.05) is 7.05 Å². The van der Waals surface area contributed by atoms with Crippen LogP contribution in [0, 0.1) is 5.92 Å². The lowest BCUT2D eigenvalue weighted by Gasteiger charge is -2.39. The van der Waals surface area contributed by atoms with Crippen molar-refractivity contribution in [3.05, 3.63) is 0 Å². The van der Waals surface area contributed by atoms with Crippen LogP contribution < -0.4 is 22.5 Å². The molecule has 254 valence electrons. The highest BCUT2D eigenvalue weighted by molar-refractivity contribution is 4.84. The molecule has 0 amide bonds. The van der Waals surface area contributed by atoms with E-state index in [9.17, 15) is 15.3 Å². The fourth-order valence-electron chi connectivity index (χ4n) is 6.90. The molecule has 1 aliphatic carbocycles. The van der Waals surface area contributed by atoms with Gasteiger partial charge in [0.1, 0.15) is 0 Å². The van der Waals surface area contributed by atoms with Crippen LogP contribution in [0.25, 0.3) is 0 Å². The van der Waals surface area contributed by atoms with Crippen molar-refractivity contribution >= 4 is 0 Å². The maximum atomic E-state index is 11.3. The highest BCUT2D eigenvalue weighted by Gasteiger charge is 2.35. The molecule has 0 radical (unpaired) electrons. The van der Waals surface area contributed by atoms with Crippen LogP contribution >= 0.6 is 0 Å². The van der Waals surface area contributed by atoms with E-state index >= 15 is 0 Å². The zero-order valence-corrected chi connectivity index (χ0v) is 27.0. The minimum atomic E-state index is -0.693. The second-order valence-corrected chi connectivity index (χ2v) is 13.9. The zero-order chi connectivity index (χ0) is 31.4. The summed E-state index contributed by atoms with van der Waals surface area (Å²) >= 11 is 0. The van der Waals surface area contributed by atoms with Gasteiger partial charge in [0.25, 0.3) is 0 Å². The van der Waals surface area contributed by atoms with E-state index in [2.05, 4.69) is 19.2 Å². The number of nitrogens with one attached hydrogen (secondary N) is 1. The maximum absolute atomic E-state index is 11.3. The van der Waals surface area contributed by atoms with Gasteiger partial charge in [-0.15, -0.1) is 0 Å². The Bertz CT molecular complexity index is 753. The topological polar surface area (TPSA) is 188 Å². The fourth-order valence-corrected chi connectivity index (χ4v) is 6.90. The van der Waals surface area contributed by atoms with E-state index in [-0.39, 0.29) is 48.6 Å². The number of rotatable bonds is 6. The molecule has 11 nitrogen and oxygen atoms in total. The molecule has 0 aromatic heterocycles. The molecular formula is C32H64N4O7. The van der Waals surface area contributed by atoms with E-state index in [4.69, 9.17) is 36.1 Å². The monoisotopic (exact) mass is 616 g/mol. The van der Waals surface area contributed by atoms with Crippen molar-refractivity contribution in [1.29, 1.82) is 0 Å². The Kier molecular flexibility index (Phi) is 16.6. The molecule has 12 unspecified atom stereocenters. The Morgan fingerprint density at radius 3 is 1.95 bits per heavy atom. The Balaban J connectivity index is 1.67. The van der Waals surface area contributed by atoms with E-state index in [0.29, 0.717) is 70.5 Å². The van der Waals surface area contributed by atoms with Gasteiger partial charge in [-0.3, -0.25) is 0 Å². The van der Waals surface area contributed by atoms with Crippen molar-refractivity contribution in [3.63, 3.8) is 0 Å². The van der Waals surface area contributed by atoms with Gasteiger partial charge >= 0.3 is 0 Å². The van der Waals surface area contributed by atoms with Gasteiger partial charge in [0.2, 0.25) is 0 Å². The molecule has 2 aliphatic heterocycles. The highest BCUT2D eigenvalue weighted by atomic mass is 16.7. The number of ether oxygens (including phenoxy) is 4. The molecular weight excluding hydrogens is 552 g/mol. The molecule has 0 bridgehead atoms. The van der Waals surface area contributed by atoms with E-state index in [0.717, 1.165) is 38.5 Å². The van der Waals surface area contributed by atoms with Crippen molar-refractivity contribution in [2.75, 3.05) is 20.3 Å². The second kappa shape index (κ2) is 19.3. The van der Waals surface area contributed by atoms with Crippen molar-refractivity contribution in [2.45, 2.75) is 177 Å². The fraction of sp³-hybridized carbons (Fsp3) is 1.00. The average Bonchev–Trinajstić information content (AvgIpc) is 2.91. The largest absolute Gasteiger partial charge is 0.393 e. The van der Waals surface area contributed by atoms with Crippen molar-refractivity contribution < 1.29 is 34.3 Å². The quantitative estimate of drug-likeness (QED) is 0.230. The summed E-state index contributed by atoms with van der Waals surface area (Å²) in [4.78, 5) is 0. The zero-order valence-electron chi connectivity index (χ0n) is 27.0. The molecule has 43 heavy (non-hydrogen) atoms. The number of aliphatic hydroxyl groups excluding tert-OH is 3. The van der Waals surface area contributed by atoms with Crippen LogP contribution in [0.3, 0.4) is 0 Å². The summed E-state index contributed by atoms with van der Waals surface area (Å²) in [6, 6.07) is -0.334. The summed E-state index contributed by atoms with van der Waals surface area (Å²) in [7, 11) is 1.86. The predicted octanol–water partition coefficient (Wildman–Crippen LogP) is 1.66. The summed E-state index contributed by atoms with van der Waals surface area (Å²) in [6.07, 6.45) is 6.18. The van der Waals surface area contributed by atoms with Crippen LogP contribution in [0.15, 0.2) is 0 Å². The summed E-state index contributed by atoms with van der Waals surface area (Å²) in [5.74, 6) is 0.374. The average molecular weight is 617 g/mol. The van der Waals surface area contributed by atoms with Crippen LogP contribution in [0.2, 0.25) is 0 Å². The Morgan fingerprint density at radius 1 is 0.698 bits per heavy atom. The van der Waals surface area contributed by atoms with Crippen LogP contribution in [-0.2, 0) is 18.9 Å². The Hall–Kier alpha value is -0.440. The number of aliphatic hydroxyl groups is 3. The molecule has 2 saturated heterocycles. The van der Waals surface area contributed by atoms with Crippen molar-refractivity contribution in [3.8, 4) is 0 Å². The highest BCUT2D eigenvalue weighted by Crippen LogP contribution is 2.29. The minimum Gasteiger partial charge on any atom is -0.393 e. The third-order valence-electron chi connectivity index (χ3n) is 9.44. The minimum absolute atomic E-state index is 0.0166. The first kappa shape index (κ1) is 37.0. The Labute approximate surface area is 259 Å². The van der Waals surface area contributed by atoms with Crippen LogP contribution in [-0.4, -0.2) is 109 Å². The van der Waals surface area contributed by atoms with E-state index in [1.54, 1.807) is 0 Å². The Morgan fingerprint density at radius 2 is 1.30 bits per heavy atom. The number of nitrogens with two attached hydrogens (primary N) is 3. The number of hydrogen-bond acceptors (Lipinski definition) is 11. The van der Waals surface area contributed by atoms with Crippen LogP contribution in [0.1, 0.15) is 104 Å². The van der Waals surface area contributed by atoms with Gasteiger partial charge in [-0.1, -0.05) is 20.3 Å². The lowest BCUT2D eigenvalue weighted by atomic mass is 9.92. The first-order valence-corrected chi connectivity index (χ1v) is 17.0. The summed E-state index contributed by atoms with van der Waals surface area (Å²) in [6.45, 7) is 5.16. The molecule has 11 heteroatoms. The van der Waals surface area contributed by atoms with E-state index < -0.39 is 24.6 Å². The first-order valence-electron chi connectivity index (χ1n) is 17.0. The van der Waals surface area contributed by atoms with Gasteiger partial charge in [0.05, 0.1) is 55.4 Å². The lowest BCUT2D eigenvalue weighted by Crippen LogP contribution is -2.49. The number of hydrogen-bond donors (Lipinski definition) is 7. The van der Waals surface area contributed by atoms with Gasteiger partial charge in [0, 0.05) is 31.2 Å². The maximum Gasteiger partial charge on any atom is 0.173 e.